The zero-order chi connectivity index (χ0) is 18.4. The lowest BCUT2D eigenvalue weighted by Gasteiger charge is -2.16. The number of furan rings is 1. The number of halogens is 1. The predicted octanol–water partition coefficient (Wildman–Crippen LogP) is 2.42. The van der Waals surface area contributed by atoms with Gasteiger partial charge in [-0.3, -0.25) is 4.79 Å². The minimum atomic E-state index is -0.118. The number of anilines is 1. The van der Waals surface area contributed by atoms with Crippen LogP contribution in [0.2, 0.25) is 5.02 Å². The number of hydrogen-bond donors (Lipinski definition) is 2. The molecule has 0 bridgehead atoms. The molecule has 136 valence electrons. The number of para-hydroxylation sites is 1. The van der Waals surface area contributed by atoms with Crippen LogP contribution in [0.15, 0.2) is 51.5 Å². The van der Waals surface area contributed by atoms with Crippen molar-refractivity contribution in [1.82, 2.24) is 10.2 Å². The van der Waals surface area contributed by atoms with Crippen LogP contribution >= 0.6 is 11.6 Å². The van der Waals surface area contributed by atoms with Crippen molar-refractivity contribution in [2.75, 3.05) is 18.4 Å². The molecule has 1 atom stereocenters. The van der Waals surface area contributed by atoms with Gasteiger partial charge in [0, 0.05) is 0 Å². The summed E-state index contributed by atoms with van der Waals surface area (Å²) in [6.07, 6.45) is 2.47. The van der Waals surface area contributed by atoms with Crippen LogP contribution in [0.3, 0.4) is 0 Å². The van der Waals surface area contributed by atoms with E-state index in [4.69, 9.17) is 20.4 Å². The Hall–Kier alpha value is -2.64. The van der Waals surface area contributed by atoms with Crippen molar-refractivity contribution in [1.29, 1.82) is 0 Å². The Kier molecular flexibility index (Phi) is 6.04. The highest BCUT2D eigenvalue weighted by Gasteiger charge is 2.19. The normalized spacial score (nSPS) is 12.1. The van der Waals surface area contributed by atoms with Crippen LogP contribution in [-0.4, -0.2) is 29.2 Å². The van der Waals surface area contributed by atoms with Crippen molar-refractivity contribution >= 4 is 23.2 Å². The lowest BCUT2D eigenvalue weighted by Crippen LogP contribution is -3.11. The highest BCUT2D eigenvalue weighted by molar-refractivity contribution is 6.33. The number of benzene rings is 1. The number of nitrogens with zero attached hydrogens (tertiary/aromatic N) is 2. The van der Waals surface area contributed by atoms with Gasteiger partial charge in [-0.2, -0.15) is 0 Å². The molecule has 0 aliphatic rings. The third-order valence-electron chi connectivity index (χ3n) is 3.76. The second kappa shape index (κ2) is 8.64. The summed E-state index contributed by atoms with van der Waals surface area (Å²) in [6, 6.07) is 10.7. The Morgan fingerprint density at radius 3 is 2.81 bits per heavy atom. The molecule has 1 amide bonds. The fourth-order valence-electron chi connectivity index (χ4n) is 2.62. The van der Waals surface area contributed by atoms with Gasteiger partial charge in [0.1, 0.15) is 0 Å². The smallest absolute Gasteiger partial charge is 0.283 e. The van der Waals surface area contributed by atoms with Crippen molar-refractivity contribution in [2.45, 2.75) is 19.9 Å². The summed E-state index contributed by atoms with van der Waals surface area (Å²) in [7, 11) is 0. The van der Waals surface area contributed by atoms with Crippen LogP contribution in [0, 0.1) is 0 Å². The Morgan fingerprint density at radius 2 is 2.08 bits per heavy atom. The molecule has 2 N–H and O–H groups in total. The molecule has 3 aromatic rings. The summed E-state index contributed by atoms with van der Waals surface area (Å²) in [4.78, 5) is 13.4. The number of quaternary nitrogens is 1. The molecule has 26 heavy (non-hydrogen) atoms. The van der Waals surface area contributed by atoms with Gasteiger partial charge in [0.15, 0.2) is 18.8 Å². The number of nitrogens with one attached hydrogen (secondary N) is 2. The quantitative estimate of drug-likeness (QED) is 0.631. The first-order chi connectivity index (χ1) is 12.7. The van der Waals surface area contributed by atoms with E-state index in [1.807, 2.05) is 12.1 Å². The summed E-state index contributed by atoms with van der Waals surface area (Å²) < 4.78 is 10.9. The molecule has 1 aromatic carbocycles. The van der Waals surface area contributed by atoms with Crippen LogP contribution in [0.25, 0.3) is 11.7 Å². The molecule has 0 aliphatic carbocycles. The van der Waals surface area contributed by atoms with Crippen LogP contribution in [0.5, 0.6) is 0 Å². The molecule has 0 saturated heterocycles. The first-order valence-corrected chi connectivity index (χ1v) is 8.77. The first-order valence-electron chi connectivity index (χ1n) is 8.40. The molecular weight excluding hydrogens is 356 g/mol. The van der Waals surface area contributed by atoms with Gasteiger partial charge >= 0.3 is 0 Å². The maximum absolute atomic E-state index is 12.4. The van der Waals surface area contributed by atoms with Crippen LogP contribution < -0.4 is 10.2 Å². The molecule has 2 heterocycles. The van der Waals surface area contributed by atoms with Crippen LogP contribution in [0.4, 0.5) is 5.69 Å². The third-order valence-corrected chi connectivity index (χ3v) is 4.09. The second-order valence-electron chi connectivity index (χ2n) is 5.86. The van der Waals surface area contributed by atoms with Gasteiger partial charge in [0.2, 0.25) is 0 Å². The highest BCUT2D eigenvalue weighted by Crippen LogP contribution is 2.20. The maximum atomic E-state index is 12.4. The summed E-state index contributed by atoms with van der Waals surface area (Å²) in [6.45, 7) is 3.59. The topological polar surface area (TPSA) is 85.6 Å². The van der Waals surface area contributed by atoms with E-state index < -0.39 is 0 Å². The Bertz CT molecular complexity index is 848. The van der Waals surface area contributed by atoms with E-state index in [2.05, 4.69) is 22.4 Å². The maximum Gasteiger partial charge on any atom is 0.283 e. The van der Waals surface area contributed by atoms with Gasteiger partial charge < -0.3 is 19.1 Å². The second-order valence-corrected chi connectivity index (χ2v) is 6.27. The summed E-state index contributed by atoms with van der Waals surface area (Å²) in [5.41, 5.74) is 0.605. The van der Waals surface area contributed by atoms with Crippen molar-refractivity contribution in [2.24, 2.45) is 0 Å². The number of aromatic nitrogens is 2. The molecular formula is C18H20ClN4O3+. The van der Waals surface area contributed by atoms with E-state index in [-0.39, 0.29) is 12.5 Å². The average molecular weight is 376 g/mol. The molecule has 7 nitrogen and oxygen atoms in total. The van der Waals surface area contributed by atoms with E-state index in [9.17, 15) is 4.79 Å². The van der Waals surface area contributed by atoms with Crippen LogP contribution in [0.1, 0.15) is 19.2 Å². The van der Waals surface area contributed by atoms with E-state index in [0.717, 1.165) is 17.9 Å². The lowest BCUT2D eigenvalue weighted by molar-refractivity contribution is -0.907. The molecule has 0 saturated carbocycles. The van der Waals surface area contributed by atoms with Gasteiger partial charge in [0.25, 0.3) is 17.7 Å². The van der Waals surface area contributed by atoms with Gasteiger partial charge in [-0.1, -0.05) is 30.7 Å². The number of carbonyl (C=O) groups is 1. The number of carbonyl (C=O) groups excluding carboxylic acids is 1. The molecule has 0 aliphatic heterocycles. The summed E-state index contributed by atoms with van der Waals surface area (Å²) in [5, 5.41) is 11.4. The number of hydrogen-bond acceptors (Lipinski definition) is 5. The summed E-state index contributed by atoms with van der Waals surface area (Å²) in [5.74, 6) is 1.20. The molecule has 8 heteroatoms. The zero-order valence-corrected chi connectivity index (χ0v) is 15.1. The summed E-state index contributed by atoms with van der Waals surface area (Å²) >= 11 is 6.08. The van der Waals surface area contributed by atoms with Crippen molar-refractivity contribution in [3.05, 3.63) is 53.6 Å². The highest BCUT2D eigenvalue weighted by atomic mass is 35.5. The molecule has 0 spiro atoms. The van der Waals surface area contributed by atoms with Gasteiger partial charge in [-0.25, -0.2) is 0 Å². The Labute approximate surface area is 156 Å². The largest absolute Gasteiger partial charge is 0.459 e. The van der Waals surface area contributed by atoms with Crippen LogP contribution in [-0.2, 0) is 11.3 Å². The zero-order valence-electron chi connectivity index (χ0n) is 14.4. The first kappa shape index (κ1) is 18.2. The third kappa shape index (κ3) is 4.71. The average Bonchev–Trinajstić information content (AvgIpc) is 3.28. The standard InChI is InChI=1S/C18H19ClN4O3/c1-2-9-23(11-16(24)20-14-7-4-3-6-13(14)19)12-17-21-22-18(26-17)15-8-5-10-25-15/h3-8,10H,2,9,11-12H2,1H3,(H,20,24)/p+1. The minimum Gasteiger partial charge on any atom is -0.459 e. The Morgan fingerprint density at radius 1 is 1.23 bits per heavy atom. The fourth-order valence-corrected chi connectivity index (χ4v) is 2.80. The minimum absolute atomic E-state index is 0.118. The number of amides is 1. The molecule has 0 fully saturated rings. The monoisotopic (exact) mass is 375 g/mol. The molecule has 1 unspecified atom stereocenters. The van der Waals surface area contributed by atoms with Crippen molar-refractivity contribution < 1.29 is 18.5 Å². The number of rotatable bonds is 8. The molecule has 2 aromatic heterocycles. The molecule has 3 rings (SSSR count). The lowest BCUT2D eigenvalue weighted by atomic mass is 10.3. The van der Waals surface area contributed by atoms with E-state index in [1.165, 1.54) is 0 Å². The van der Waals surface area contributed by atoms with E-state index >= 15 is 0 Å². The van der Waals surface area contributed by atoms with Crippen molar-refractivity contribution in [3.63, 3.8) is 0 Å². The molecule has 0 radical (unpaired) electrons. The fraction of sp³-hybridized carbons (Fsp3) is 0.278. The van der Waals surface area contributed by atoms with Crippen molar-refractivity contribution in [3.8, 4) is 11.7 Å². The van der Waals surface area contributed by atoms with Gasteiger partial charge in [0.05, 0.1) is 23.5 Å². The van der Waals surface area contributed by atoms with E-state index in [1.54, 1.807) is 30.5 Å². The van der Waals surface area contributed by atoms with Gasteiger partial charge in [-0.15, -0.1) is 10.2 Å². The predicted molar refractivity (Wildman–Crippen MR) is 96.8 cm³/mol. The SMILES string of the molecule is CCC[NH+](CC(=O)Nc1ccccc1Cl)Cc1nnc(-c2ccco2)o1. The van der Waals surface area contributed by atoms with Gasteiger partial charge in [-0.05, 0) is 30.7 Å². The Balaban J connectivity index is 1.62. The van der Waals surface area contributed by atoms with E-state index in [0.29, 0.717) is 34.8 Å².